The molecule has 0 amide bonds. The molecular formula is C16H31IN4S. The first-order chi connectivity index (χ1) is 10.0. The molecule has 0 aliphatic carbocycles. The van der Waals surface area contributed by atoms with E-state index in [1.807, 2.05) is 0 Å². The molecule has 0 fully saturated rings. The van der Waals surface area contributed by atoms with E-state index in [9.17, 15) is 0 Å². The second kappa shape index (κ2) is 12.1. The molecule has 1 rings (SSSR count). The third kappa shape index (κ3) is 8.33. The van der Waals surface area contributed by atoms with Gasteiger partial charge in [0.15, 0.2) is 5.96 Å². The Morgan fingerprint density at radius 2 is 1.91 bits per heavy atom. The average Bonchev–Trinajstić information content (AvgIpc) is 2.93. The van der Waals surface area contributed by atoms with Gasteiger partial charge in [-0.05, 0) is 46.1 Å². The lowest BCUT2D eigenvalue weighted by atomic mass is 10.2. The molecule has 1 aromatic rings. The van der Waals surface area contributed by atoms with Crippen molar-refractivity contribution < 1.29 is 0 Å². The predicted molar refractivity (Wildman–Crippen MR) is 110 cm³/mol. The molecule has 0 bridgehead atoms. The normalized spacial score (nSPS) is 11.9. The number of thiophene rings is 1. The van der Waals surface area contributed by atoms with Crippen molar-refractivity contribution in [1.29, 1.82) is 0 Å². The van der Waals surface area contributed by atoms with E-state index in [-0.39, 0.29) is 24.0 Å². The summed E-state index contributed by atoms with van der Waals surface area (Å²) in [4.78, 5) is 8.40. The van der Waals surface area contributed by atoms with E-state index in [1.54, 1.807) is 11.3 Å². The number of nitrogens with one attached hydrogen (secondary N) is 2. The van der Waals surface area contributed by atoms with Gasteiger partial charge >= 0.3 is 0 Å². The van der Waals surface area contributed by atoms with Gasteiger partial charge in [-0.25, -0.2) is 4.99 Å². The molecule has 2 N–H and O–H groups in total. The van der Waals surface area contributed by atoms with Gasteiger partial charge in [0, 0.05) is 36.6 Å². The number of rotatable bonds is 8. The SMILES string of the molecule is CCNC(=NCc1cccs1)NCCN(C(C)C)C(C)C.I. The molecular weight excluding hydrogens is 407 g/mol. The van der Waals surface area contributed by atoms with Gasteiger partial charge in [-0.15, -0.1) is 35.3 Å². The Balaban J connectivity index is 0.00000441. The van der Waals surface area contributed by atoms with Crippen molar-refractivity contribution in [2.24, 2.45) is 4.99 Å². The van der Waals surface area contributed by atoms with Crippen molar-refractivity contribution in [3.63, 3.8) is 0 Å². The van der Waals surface area contributed by atoms with Crippen molar-refractivity contribution in [2.75, 3.05) is 19.6 Å². The summed E-state index contributed by atoms with van der Waals surface area (Å²) in [7, 11) is 0. The molecule has 1 aromatic heterocycles. The van der Waals surface area contributed by atoms with Crippen molar-refractivity contribution in [1.82, 2.24) is 15.5 Å². The molecule has 0 atom stereocenters. The zero-order valence-corrected chi connectivity index (χ0v) is 17.6. The van der Waals surface area contributed by atoms with Crippen molar-refractivity contribution in [3.8, 4) is 0 Å². The smallest absolute Gasteiger partial charge is 0.191 e. The van der Waals surface area contributed by atoms with Crippen LogP contribution in [-0.2, 0) is 6.54 Å². The molecule has 0 spiro atoms. The highest BCUT2D eigenvalue weighted by molar-refractivity contribution is 14.0. The maximum Gasteiger partial charge on any atom is 0.191 e. The van der Waals surface area contributed by atoms with Crippen LogP contribution in [0.5, 0.6) is 0 Å². The fourth-order valence-electron chi connectivity index (χ4n) is 2.32. The largest absolute Gasteiger partial charge is 0.357 e. The van der Waals surface area contributed by atoms with Crippen LogP contribution in [0, 0.1) is 0 Å². The van der Waals surface area contributed by atoms with E-state index in [1.165, 1.54) is 4.88 Å². The van der Waals surface area contributed by atoms with Crippen LogP contribution in [-0.4, -0.2) is 42.6 Å². The fraction of sp³-hybridized carbons (Fsp3) is 0.688. The van der Waals surface area contributed by atoms with Crippen molar-refractivity contribution >= 4 is 41.3 Å². The Hall–Kier alpha value is -0.340. The molecule has 128 valence electrons. The third-order valence-electron chi connectivity index (χ3n) is 3.31. The van der Waals surface area contributed by atoms with Gasteiger partial charge in [0.1, 0.15) is 0 Å². The van der Waals surface area contributed by atoms with Crippen LogP contribution in [0.3, 0.4) is 0 Å². The zero-order chi connectivity index (χ0) is 15.7. The summed E-state index contributed by atoms with van der Waals surface area (Å²) in [5, 5.41) is 8.82. The fourth-order valence-corrected chi connectivity index (χ4v) is 2.95. The van der Waals surface area contributed by atoms with Gasteiger partial charge in [-0.1, -0.05) is 6.07 Å². The van der Waals surface area contributed by atoms with Crippen LogP contribution in [0.2, 0.25) is 0 Å². The molecule has 6 heteroatoms. The summed E-state index contributed by atoms with van der Waals surface area (Å²) in [5.74, 6) is 0.901. The molecule has 0 saturated carbocycles. The van der Waals surface area contributed by atoms with Crippen molar-refractivity contribution in [3.05, 3.63) is 22.4 Å². The van der Waals surface area contributed by atoms with Gasteiger partial charge in [0.2, 0.25) is 0 Å². The standard InChI is InChI=1S/C16H30N4S.HI/c1-6-17-16(19-12-15-8-7-11-21-15)18-9-10-20(13(2)3)14(4)5;/h7-8,11,13-14H,6,9-10,12H2,1-5H3,(H2,17,18,19);1H. The highest BCUT2D eigenvalue weighted by Gasteiger charge is 2.12. The molecule has 0 aliphatic heterocycles. The lowest BCUT2D eigenvalue weighted by Gasteiger charge is -2.30. The Morgan fingerprint density at radius 1 is 1.23 bits per heavy atom. The highest BCUT2D eigenvalue weighted by Crippen LogP contribution is 2.09. The van der Waals surface area contributed by atoms with E-state index in [0.717, 1.165) is 32.1 Å². The molecule has 0 unspecified atom stereocenters. The van der Waals surface area contributed by atoms with Gasteiger partial charge in [0.05, 0.1) is 6.54 Å². The quantitative estimate of drug-likeness (QED) is 0.371. The van der Waals surface area contributed by atoms with Gasteiger partial charge in [-0.2, -0.15) is 0 Å². The lowest BCUT2D eigenvalue weighted by molar-refractivity contribution is 0.178. The molecule has 0 aromatic carbocycles. The minimum Gasteiger partial charge on any atom is -0.357 e. The molecule has 1 heterocycles. The topological polar surface area (TPSA) is 39.7 Å². The van der Waals surface area contributed by atoms with Gasteiger partial charge < -0.3 is 10.6 Å². The zero-order valence-electron chi connectivity index (χ0n) is 14.4. The molecule has 0 radical (unpaired) electrons. The predicted octanol–water partition coefficient (Wildman–Crippen LogP) is 3.54. The minimum absolute atomic E-state index is 0. The van der Waals surface area contributed by atoms with Crippen LogP contribution in [0.15, 0.2) is 22.5 Å². The lowest BCUT2D eigenvalue weighted by Crippen LogP contribution is -2.45. The third-order valence-corrected chi connectivity index (χ3v) is 4.17. The highest BCUT2D eigenvalue weighted by atomic mass is 127. The first kappa shape index (κ1) is 21.7. The molecule has 0 aliphatic rings. The maximum absolute atomic E-state index is 4.63. The second-order valence-electron chi connectivity index (χ2n) is 5.63. The Labute approximate surface area is 156 Å². The van der Waals surface area contributed by atoms with Crippen LogP contribution in [0.25, 0.3) is 0 Å². The van der Waals surface area contributed by atoms with E-state index in [0.29, 0.717) is 12.1 Å². The maximum atomic E-state index is 4.63. The Bertz CT molecular complexity index is 396. The summed E-state index contributed by atoms with van der Waals surface area (Å²) in [5.41, 5.74) is 0. The molecule has 4 nitrogen and oxygen atoms in total. The van der Waals surface area contributed by atoms with Crippen molar-refractivity contribution in [2.45, 2.75) is 53.2 Å². The van der Waals surface area contributed by atoms with E-state index >= 15 is 0 Å². The van der Waals surface area contributed by atoms with Crippen LogP contribution in [0.4, 0.5) is 0 Å². The van der Waals surface area contributed by atoms with Crippen LogP contribution < -0.4 is 10.6 Å². The van der Waals surface area contributed by atoms with E-state index in [4.69, 9.17) is 0 Å². The van der Waals surface area contributed by atoms with Crippen LogP contribution in [0.1, 0.15) is 39.5 Å². The van der Waals surface area contributed by atoms with Gasteiger partial charge in [-0.3, -0.25) is 4.90 Å². The average molecular weight is 438 g/mol. The summed E-state index contributed by atoms with van der Waals surface area (Å²) in [6.45, 7) is 14.6. The van der Waals surface area contributed by atoms with Gasteiger partial charge in [0.25, 0.3) is 0 Å². The summed E-state index contributed by atoms with van der Waals surface area (Å²) < 4.78 is 0. The second-order valence-corrected chi connectivity index (χ2v) is 6.66. The number of halogens is 1. The summed E-state index contributed by atoms with van der Waals surface area (Å²) >= 11 is 1.75. The van der Waals surface area contributed by atoms with E-state index < -0.39 is 0 Å². The summed E-state index contributed by atoms with van der Waals surface area (Å²) in [6, 6.07) is 5.32. The van der Waals surface area contributed by atoms with E-state index in [2.05, 4.69) is 72.7 Å². The first-order valence-corrected chi connectivity index (χ1v) is 8.72. The first-order valence-electron chi connectivity index (χ1n) is 7.84. The monoisotopic (exact) mass is 438 g/mol. The minimum atomic E-state index is 0. The van der Waals surface area contributed by atoms with Crippen LogP contribution >= 0.6 is 35.3 Å². The number of nitrogens with zero attached hydrogens (tertiary/aromatic N) is 2. The number of hydrogen-bond acceptors (Lipinski definition) is 3. The number of hydrogen-bond donors (Lipinski definition) is 2. The molecule has 22 heavy (non-hydrogen) atoms. The number of aliphatic imine (C=N–C) groups is 1. The Morgan fingerprint density at radius 3 is 2.41 bits per heavy atom. The number of guanidine groups is 1. The Kier molecular flexibility index (Phi) is 11.9. The summed E-state index contributed by atoms with van der Waals surface area (Å²) in [6.07, 6.45) is 0. The molecule has 0 saturated heterocycles.